The minimum atomic E-state index is -3.90. The van der Waals surface area contributed by atoms with Gasteiger partial charge in [0.15, 0.2) is 11.5 Å². The number of aryl methyl sites for hydroxylation is 1. The van der Waals surface area contributed by atoms with E-state index in [1.54, 1.807) is 30.0 Å². The number of rotatable bonds is 6. The van der Waals surface area contributed by atoms with E-state index in [1.807, 2.05) is 0 Å². The highest BCUT2D eigenvalue weighted by atomic mass is 32.2. The molecule has 9 heteroatoms. The van der Waals surface area contributed by atoms with E-state index < -0.39 is 10.0 Å². The second-order valence-electron chi connectivity index (χ2n) is 6.56. The number of benzene rings is 2. The molecule has 1 aliphatic rings. The van der Waals surface area contributed by atoms with Crippen molar-refractivity contribution >= 4 is 21.6 Å². The summed E-state index contributed by atoms with van der Waals surface area (Å²) in [7, 11) is -0.930. The van der Waals surface area contributed by atoms with Crippen molar-refractivity contribution in [2.75, 3.05) is 45.2 Å². The van der Waals surface area contributed by atoms with Crippen LogP contribution in [0.25, 0.3) is 0 Å². The van der Waals surface area contributed by atoms with Gasteiger partial charge in [-0.05, 0) is 36.8 Å². The van der Waals surface area contributed by atoms with Gasteiger partial charge in [0.05, 0.1) is 38.0 Å². The van der Waals surface area contributed by atoms with Gasteiger partial charge in [-0.3, -0.25) is 9.52 Å². The highest BCUT2D eigenvalue weighted by Crippen LogP contribution is 2.31. The van der Waals surface area contributed by atoms with Crippen molar-refractivity contribution < 1.29 is 27.4 Å². The van der Waals surface area contributed by atoms with Gasteiger partial charge in [0.1, 0.15) is 0 Å². The molecule has 1 N–H and O–H groups in total. The lowest BCUT2D eigenvalue weighted by Gasteiger charge is -2.27. The summed E-state index contributed by atoms with van der Waals surface area (Å²) in [5.41, 5.74) is 1.40. The summed E-state index contributed by atoms with van der Waals surface area (Å²) >= 11 is 0. The maximum Gasteiger partial charge on any atom is 0.261 e. The monoisotopic (exact) mass is 420 g/mol. The summed E-state index contributed by atoms with van der Waals surface area (Å²) in [5.74, 6) is 0.693. The van der Waals surface area contributed by atoms with E-state index in [2.05, 4.69) is 4.72 Å². The highest BCUT2D eigenvalue weighted by Gasteiger charge is 2.23. The molecule has 0 unspecified atom stereocenters. The Morgan fingerprint density at radius 1 is 1.03 bits per heavy atom. The van der Waals surface area contributed by atoms with Crippen LogP contribution >= 0.6 is 0 Å². The first kappa shape index (κ1) is 20.9. The molecule has 0 spiro atoms. The SMILES string of the molecule is COc1ccc(NS(=O)(=O)c2ccc(C)c(C(=O)N3CCOCC3)c2)cc1OC. The van der Waals surface area contributed by atoms with Crippen LogP contribution in [0, 0.1) is 6.92 Å². The molecule has 1 aliphatic heterocycles. The molecule has 2 aromatic carbocycles. The number of nitrogens with zero attached hydrogens (tertiary/aromatic N) is 1. The highest BCUT2D eigenvalue weighted by molar-refractivity contribution is 7.92. The molecule has 1 fully saturated rings. The standard InChI is InChI=1S/C20H24N2O6S/c1-14-4-6-16(13-17(14)20(23)22-8-10-28-11-9-22)29(24,25)21-15-5-7-18(26-2)19(12-15)27-3/h4-7,12-13,21H,8-11H2,1-3H3. The first-order chi connectivity index (χ1) is 13.9. The number of nitrogens with one attached hydrogen (secondary N) is 1. The molecule has 0 atom stereocenters. The van der Waals surface area contributed by atoms with Crippen LogP contribution in [0.15, 0.2) is 41.3 Å². The number of methoxy groups -OCH3 is 2. The number of morpholine rings is 1. The fourth-order valence-corrected chi connectivity index (χ4v) is 4.12. The van der Waals surface area contributed by atoms with Gasteiger partial charge in [0, 0.05) is 24.7 Å². The van der Waals surface area contributed by atoms with Crippen LogP contribution in [0.1, 0.15) is 15.9 Å². The normalized spacial score (nSPS) is 14.4. The average molecular weight is 420 g/mol. The molecule has 156 valence electrons. The van der Waals surface area contributed by atoms with E-state index >= 15 is 0 Å². The number of hydrogen-bond acceptors (Lipinski definition) is 6. The van der Waals surface area contributed by atoms with Crippen LogP contribution in [0.5, 0.6) is 11.5 Å². The molecule has 0 saturated carbocycles. The Balaban J connectivity index is 1.88. The Hall–Kier alpha value is -2.78. The third-order valence-electron chi connectivity index (χ3n) is 4.68. The van der Waals surface area contributed by atoms with Gasteiger partial charge in [-0.15, -0.1) is 0 Å². The first-order valence-corrected chi connectivity index (χ1v) is 10.6. The van der Waals surface area contributed by atoms with Crippen LogP contribution in [0.3, 0.4) is 0 Å². The summed E-state index contributed by atoms with van der Waals surface area (Å²) in [5, 5.41) is 0. The lowest BCUT2D eigenvalue weighted by Crippen LogP contribution is -2.41. The summed E-state index contributed by atoms with van der Waals surface area (Å²) < 4.78 is 44.0. The number of carbonyl (C=O) groups is 1. The second kappa shape index (κ2) is 8.71. The lowest BCUT2D eigenvalue weighted by molar-refractivity contribution is 0.0302. The van der Waals surface area contributed by atoms with Crippen LogP contribution in [-0.4, -0.2) is 59.7 Å². The van der Waals surface area contributed by atoms with Gasteiger partial charge in [0.25, 0.3) is 15.9 Å². The molecule has 0 radical (unpaired) electrons. The van der Waals surface area contributed by atoms with Crippen LogP contribution in [0.4, 0.5) is 5.69 Å². The number of anilines is 1. The second-order valence-corrected chi connectivity index (χ2v) is 8.24. The van der Waals surface area contributed by atoms with Gasteiger partial charge in [-0.2, -0.15) is 0 Å². The zero-order valence-electron chi connectivity index (χ0n) is 16.6. The van der Waals surface area contributed by atoms with E-state index in [4.69, 9.17) is 14.2 Å². The molecule has 0 bridgehead atoms. The Kier molecular flexibility index (Phi) is 6.29. The van der Waals surface area contributed by atoms with Crippen molar-refractivity contribution in [3.8, 4) is 11.5 Å². The fourth-order valence-electron chi connectivity index (χ4n) is 3.05. The van der Waals surface area contributed by atoms with Crippen molar-refractivity contribution in [1.29, 1.82) is 0 Å². The van der Waals surface area contributed by atoms with Crippen molar-refractivity contribution in [2.45, 2.75) is 11.8 Å². The maximum atomic E-state index is 12.9. The molecular formula is C20H24N2O6S. The molecule has 29 heavy (non-hydrogen) atoms. The fraction of sp³-hybridized carbons (Fsp3) is 0.350. The number of amides is 1. The van der Waals surface area contributed by atoms with Crippen molar-refractivity contribution in [1.82, 2.24) is 4.90 Å². The third-order valence-corrected chi connectivity index (χ3v) is 6.06. The molecule has 3 rings (SSSR count). The summed E-state index contributed by atoms with van der Waals surface area (Å²) in [6.07, 6.45) is 0. The van der Waals surface area contributed by atoms with Crippen molar-refractivity contribution in [3.05, 3.63) is 47.5 Å². The molecule has 1 amide bonds. The summed E-state index contributed by atoms with van der Waals surface area (Å²) in [6.45, 7) is 3.71. The van der Waals surface area contributed by atoms with Crippen LogP contribution < -0.4 is 14.2 Å². The molecule has 0 aliphatic carbocycles. The van der Waals surface area contributed by atoms with Gasteiger partial charge >= 0.3 is 0 Å². The van der Waals surface area contributed by atoms with E-state index in [1.165, 1.54) is 32.4 Å². The minimum Gasteiger partial charge on any atom is -0.493 e. The lowest BCUT2D eigenvalue weighted by atomic mass is 10.1. The van der Waals surface area contributed by atoms with Crippen LogP contribution in [-0.2, 0) is 14.8 Å². The summed E-state index contributed by atoms with van der Waals surface area (Å²) in [6, 6.07) is 9.25. The van der Waals surface area contributed by atoms with E-state index in [-0.39, 0.29) is 10.8 Å². The predicted octanol–water partition coefficient (Wildman–Crippen LogP) is 2.29. The van der Waals surface area contributed by atoms with Gasteiger partial charge in [0.2, 0.25) is 0 Å². The Morgan fingerprint density at radius 3 is 2.38 bits per heavy atom. The Morgan fingerprint density at radius 2 is 1.72 bits per heavy atom. The van der Waals surface area contributed by atoms with Crippen molar-refractivity contribution in [2.24, 2.45) is 0 Å². The Bertz CT molecular complexity index is 1000. The summed E-state index contributed by atoms with van der Waals surface area (Å²) in [4.78, 5) is 14.5. The number of ether oxygens (including phenoxy) is 3. The largest absolute Gasteiger partial charge is 0.493 e. The molecule has 1 heterocycles. The van der Waals surface area contributed by atoms with Gasteiger partial charge in [-0.25, -0.2) is 8.42 Å². The van der Waals surface area contributed by atoms with Crippen molar-refractivity contribution in [3.63, 3.8) is 0 Å². The number of hydrogen-bond donors (Lipinski definition) is 1. The minimum absolute atomic E-state index is 0.00879. The third kappa shape index (κ3) is 4.63. The van der Waals surface area contributed by atoms with E-state index in [9.17, 15) is 13.2 Å². The quantitative estimate of drug-likeness (QED) is 0.771. The van der Waals surface area contributed by atoms with Crippen LogP contribution in [0.2, 0.25) is 0 Å². The number of carbonyl (C=O) groups excluding carboxylic acids is 1. The average Bonchev–Trinajstić information content (AvgIpc) is 2.73. The number of sulfonamides is 1. The zero-order valence-corrected chi connectivity index (χ0v) is 17.4. The van der Waals surface area contributed by atoms with Gasteiger partial charge in [-0.1, -0.05) is 6.07 Å². The maximum absolute atomic E-state index is 12.9. The zero-order chi connectivity index (χ0) is 21.0. The molecule has 1 saturated heterocycles. The Labute approximate surface area is 170 Å². The smallest absolute Gasteiger partial charge is 0.261 e. The van der Waals surface area contributed by atoms with E-state index in [0.29, 0.717) is 54.6 Å². The molecular weight excluding hydrogens is 396 g/mol. The molecule has 0 aromatic heterocycles. The predicted molar refractivity (Wildman–Crippen MR) is 108 cm³/mol. The molecule has 8 nitrogen and oxygen atoms in total. The first-order valence-electron chi connectivity index (χ1n) is 9.08. The van der Waals surface area contributed by atoms with E-state index in [0.717, 1.165) is 0 Å². The molecule has 2 aromatic rings. The topological polar surface area (TPSA) is 94.2 Å². The van der Waals surface area contributed by atoms with Gasteiger partial charge < -0.3 is 19.1 Å².